The normalized spacial score (nSPS) is 10.9. The molecule has 3 nitrogen and oxygen atoms in total. The number of anilines is 1. The molecule has 0 saturated carbocycles. The van der Waals surface area contributed by atoms with E-state index in [0.717, 1.165) is 13.0 Å². The summed E-state index contributed by atoms with van der Waals surface area (Å²) in [4.78, 5) is 4.19. The quantitative estimate of drug-likeness (QED) is 0.820. The van der Waals surface area contributed by atoms with Crippen LogP contribution < -0.4 is 5.32 Å². The predicted molar refractivity (Wildman–Crippen MR) is 63.7 cm³/mol. The monoisotopic (exact) mass is 264 g/mol. The summed E-state index contributed by atoms with van der Waals surface area (Å²) < 4.78 is 28.6. The van der Waals surface area contributed by atoms with E-state index >= 15 is 0 Å². The fraction of sp³-hybridized carbons (Fsp3) is 0.545. The minimum absolute atomic E-state index is 0.00911. The highest BCUT2D eigenvalue weighted by Gasteiger charge is 2.07. The number of nitrogens with zero attached hydrogens (tertiary/aromatic N) is 1. The van der Waals surface area contributed by atoms with Crippen molar-refractivity contribution in [3.8, 4) is 0 Å². The van der Waals surface area contributed by atoms with Crippen LogP contribution in [0.2, 0.25) is 5.02 Å². The summed E-state index contributed by atoms with van der Waals surface area (Å²) in [5, 5.41) is 3.51. The van der Waals surface area contributed by atoms with E-state index in [9.17, 15) is 8.78 Å². The highest BCUT2D eigenvalue weighted by molar-refractivity contribution is 6.31. The molecule has 0 fully saturated rings. The SMILES string of the molecule is CCCNc1ccc(Cl)c(COCC(F)F)n1. The van der Waals surface area contributed by atoms with E-state index in [1.165, 1.54) is 0 Å². The molecule has 17 heavy (non-hydrogen) atoms. The number of alkyl halides is 2. The molecule has 0 aromatic carbocycles. The summed E-state index contributed by atoms with van der Waals surface area (Å²) in [6.07, 6.45) is -1.50. The van der Waals surface area contributed by atoms with E-state index in [0.29, 0.717) is 16.5 Å². The van der Waals surface area contributed by atoms with Gasteiger partial charge in [-0.3, -0.25) is 0 Å². The number of hydrogen-bond acceptors (Lipinski definition) is 3. The number of ether oxygens (including phenoxy) is 1. The lowest BCUT2D eigenvalue weighted by molar-refractivity contribution is 0.00889. The van der Waals surface area contributed by atoms with E-state index in [-0.39, 0.29) is 6.61 Å². The van der Waals surface area contributed by atoms with E-state index in [2.05, 4.69) is 10.3 Å². The third kappa shape index (κ3) is 5.28. The van der Waals surface area contributed by atoms with Crippen molar-refractivity contribution >= 4 is 17.4 Å². The van der Waals surface area contributed by atoms with Crippen LogP contribution in [0.15, 0.2) is 12.1 Å². The van der Waals surface area contributed by atoms with Gasteiger partial charge in [0.05, 0.1) is 17.3 Å². The smallest absolute Gasteiger partial charge is 0.261 e. The van der Waals surface area contributed by atoms with Crippen LogP contribution in [0.4, 0.5) is 14.6 Å². The van der Waals surface area contributed by atoms with Gasteiger partial charge in [-0.15, -0.1) is 0 Å². The van der Waals surface area contributed by atoms with Gasteiger partial charge in [0, 0.05) is 6.54 Å². The lowest BCUT2D eigenvalue weighted by atomic mass is 10.3. The second-order valence-electron chi connectivity index (χ2n) is 3.46. The van der Waals surface area contributed by atoms with Gasteiger partial charge in [0.25, 0.3) is 6.43 Å². The van der Waals surface area contributed by atoms with Crippen LogP contribution in [0.25, 0.3) is 0 Å². The summed E-state index contributed by atoms with van der Waals surface area (Å²) in [5.41, 5.74) is 0.466. The van der Waals surface area contributed by atoms with Gasteiger partial charge in [0.2, 0.25) is 0 Å². The molecule has 0 radical (unpaired) electrons. The average Bonchev–Trinajstić information content (AvgIpc) is 2.29. The maximum Gasteiger partial charge on any atom is 0.261 e. The van der Waals surface area contributed by atoms with Crippen molar-refractivity contribution in [2.24, 2.45) is 0 Å². The van der Waals surface area contributed by atoms with Gasteiger partial charge >= 0.3 is 0 Å². The van der Waals surface area contributed by atoms with Gasteiger partial charge in [-0.2, -0.15) is 0 Å². The number of rotatable bonds is 7. The van der Waals surface area contributed by atoms with Crippen molar-refractivity contribution < 1.29 is 13.5 Å². The van der Waals surface area contributed by atoms with Crippen molar-refractivity contribution in [1.29, 1.82) is 0 Å². The molecule has 1 aromatic rings. The Morgan fingerprint density at radius 1 is 1.47 bits per heavy atom. The third-order valence-corrected chi connectivity index (χ3v) is 2.30. The summed E-state index contributed by atoms with van der Waals surface area (Å²) in [6, 6.07) is 3.42. The second-order valence-corrected chi connectivity index (χ2v) is 3.87. The summed E-state index contributed by atoms with van der Waals surface area (Å²) in [6.45, 7) is 2.22. The van der Waals surface area contributed by atoms with Crippen LogP contribution in [-0.2, 0) is 11.3 Å². The van der Waals surface area contributed by atoms with Gasteiger partial charge in [-0.05, 0) is 18.6 Å². The van der Waals surface area contributed by atoms with Gasteiger partial charge < -0.3 is 10.1 Å². The van der Waals surface area contributed by atoms with Crippen LogP contribution in [0.1, 0.15) is 19.0 Å². The standard InChI is InChI=1S/C11H15ClF2N2O/c1-2-5-15-11-4-3-8(12)9(16-11)6-17-7-10(13)14/h3-4,10H,2,5-7H2,1H3,(H,15,16). The number of halogens is 3. The molecule has 0 atom stereocenters. The fourth-order valence-corrected chi connectivity index (χ4v) is 1.34. The number of pyridine rings is 1. The number of nitrogens with one attached hydrogen (secondary N) is 1. The molecule has 0 amide bonds. The topological polar surface area (TPSA) is 34.1 Å². The van der Waals surface area contributed by atoms with Crippen LogP contribution >= 0.6 is 11.6 Å². The zero-order valence-electron chi connectivity index (χ0n) is 9.55. The van der Waals surface area contributed by atoms with Gasteiger partial charge in [0.15, 0.2) is 0 Å². The first kappa shape index (κ1) is 14.1. The van der Waals surface area contributed by atoms with Crippen LogP contribution in [0, 0.1) is 0 Å². The molecule has 1 rings (SSSR count). The lowest BCUT2D eigenvalue weighted by Crippen LogP contribution is -2.07. The molecule has 1 aromatic heterocycles. The van der Waals surface area contributed by atoms with E-state index in [1.807, 2.05) is 6.92 Å². The van der Waals surface area contributed by atoms with Crippen LogP contribution in [-0.4, -0.2) is 24.6 Å². The predicted octanol–water partition coefficient (Wildman–Crippen LogP) is 3.34. The molecule has 1 N–H and O–H groups in total. The molecule has 6 heteroatoms. The molecular formula is C11H15ClF2N2O. The van der Waals surface area contributed by atoms with Crippen molar-refractivity contribution in [1.82, 2.24) is 4.98 Å². The zero-order chi connectivity index (χ0) is 12.7. The van der Waals surface area contributed by atoms with Crippen molar-refractivity contribution in [3.63, 3.8) is 0 Å². The fourth-order valence-electron chi connectivity index (χ4n) is 1.18. The first-order valence-corrected chi connectivity index (χ1v) is 5.76. The van der Waals surface area contributed by atoms with Gasteiger partial charge in [-0.1, -0.05) is 18.5 Å². The summed E-state index contributed by atoms with van der Waals surface area (Å²) in [5.74, 6) is 0.673. The molecule has 0 aliphatic heterocycles. The molecule has 0 spiro atoms. The zero-order valence-corrected chi connectivity index (χ0v) is 10.3. The second kappa shape index (κ2) is 7.40. The van der Waals surface area contributed by atoms with Crippen molar-refractivity contribution in [2.45, 2.75) is 26.4 Å². The van der Waals surface area contributed by atoms with E-state index in [1.54, 1.807) is 12.1 Å². The Morgan fingerprint density at radius 3 is 2.88 bits per heavy atom. The molecular weight excluding hydrogens is 250 g/mol. The molecule has 0 aliphatic rings. The molecule has 0 aliphatic carbocycles. The van der Waals surface area contributed by atoms with Gasteiger partial charge in [0.1, 0.15) is 12.4 Å². The molecule has 1 heterocycles. The summed E-state index contributed by atoms with van der Waals surface area (Å²) in [7, 11) is 0. The molecule has 96 valence electrons. The Labute approximate surface area is 104 Å². The Kier molecular flexibility index (Phi) is 6.15. The van der Waals surface area contributed by atoms with Gasteiger partial charge in [-0.25, -0.2) is 13.8 Å². The van der Waals surface area contributed by atoms with E-state index in [4.69, 9.17) is 16.3 Å². The highest BCUT2D eigenvalue weighted by atomic mass is 35.5. The minimum atomic E-state index is -2.48. The number of aromatic nitrogens is 1. The Bertz CT molecular complexity index is 350. The van der Waals surface area contributed by atoms with E-state index < -0.39 is 13.0 Å². The van der Waals surface area contributed by atoms with Crippen LogP contribution in [0.3, 0.4) is 0 Å². The summed E-state index contributed by atoms with van der Waals surface area (Å²) >= 11 is 5.89. The molecule has 0 bridgehead atoms. The molecule has 0 unspecified atom stereocenters. The maximum absolute atomic E-state index is 11.9. The third-order valence-electron chi connectivity index (χ3n) is 1.96. The first-order valence-electron chi connectivity index (χ1n) is 5.38. The molecule has 0 saturated heterocycles. The van der Waals surface area contributed by atoms with Crippen molar-refractivity contribution in [2.75, 3.05) is 18.5 Å². The Morgan fingerprint density at radius 2 is 2.24 bits per heavy atom. The number of hydrogen-bond donors (Lipinski definition) is 1. The average molecular weight is 265 g/mol. The van der Waals surface area contributed by atoms with Crippen molar-refractivity contribution in [3.05, 3.63) is 22.8 Å². The minimum Gasteiger partial charge on any atom is -0.370 e. The Hall–Kier alpha value is -0.940. The Balaban J connectivity index is 2.56. The highest BCUT2D eigenvalue weighted by Crippen LogP contribution is 2.17. The largest absolute Gasteiger partial charge is 0.370 e. The first-order chi connectivity index (χ1) is 8.13. The maximum atomic E-state index is 11.9. The van der Waals surface area contributed by atoms with Crippen LogP contribution in [0.5, 0.6) is 0 Å². The lowest BCUT2D eigenvalue weighted by Gasteiger charge is -2.08.